The van der Waals surface area contributed by atoms with Gasteiger partial charge in [0.15, 0.2) is 6.61 Å². The fourth-order valence-corrected chi connectivity index (χ4v) is 3.55. The number of hydrogen-bond acceptors (Lipinski definition) is 5. The van der Waals surface area contributed by atoms with Crippen molar-refractivity contribution >= 4 is 27.7 Å². The maximum absolute atomic E-state index is 14.0. The molecule has 0 radical (unpaired) electrons. The van der Waals surface area contributed by atoms with Crippen molar-refractivity contribution in [1.82, 2.24) is 0 Å². The molecule has 0 unspecified atom stereocenters. The van der Waals surface area contributed by atoms with Crippen LogP contribution in [-0.4, -0.2) is 19.2 Å². The highest BCUT2D eigenvalue weighted by atomic mass is 19.4. The Kier molecular flexibility index (Phi) is 6.09. The second-order valence-electron chi connectivity index (χ2n) is 7.33. The number of alkyl halides is 3. The Labute approximate surface area is 186 Å². The maximum atomic E-state index is 14.0. The molecule has 0 bridgehead atoms. The summed E-state index contributed by atoms with van der Waals surface area (Å²) in [5, 5.41) is 1.16. The Morgan fingerprint density at radius 1 is 1.00 bits per heavy atom. The van der Waals surface area contributed by atoms with Gasteiger partial charge in [0.1, 0.15) is 11.3 Å². The van der Waals surface area contributed by atoms with Gasteiger partial charge >= 0.3 is 12.1 Å². The molecule has 33 heavy (non-hydrogen) atoms. The Balaban J connectivity index is 1.84. The van der Waals surface area contributed by atoms with Gasteiger partial charge in [-0.05, 0) is 34.9 Å². The third-order valence-corrected chi connectivity index (χ3v) is 5.00. The van der Waals surface area contributed by atoms with E-state index in [0.717, 1.165) is 6.07 Å². The fourth-order valence-electron chi connectivity index (χ4n) is 3.55. The summed E-state index contributed by atoms with van der Waals surface area (Å²) in [4.78, 5) is 24.9. The third-order valence-electron chi connectivity index (χ3n) is 5.00. The van der Waals surface area contributed by atoms with E-state index in [1.165, 1.54) is 18.2 Å². The number of hydrogen-bond donors (Lipinski definition) is 0. The molecule has 1 aromatic heterocycles. The van der Waals surface area contributed by atoms with Gasteiger partial charge in [-0.2, -0.15) is 13.2 Å². The average molecular weight is 456 g/mol. The number of carbonyl (C=O) groups is 1. The monoisotopic (exact) mass is 456 g/mol. The predicted octanol–water partition coefficient (Wildman–Crippen LogP) is 5.96. The second kappa shape index (κ2) is 8.97. The topological polar surface area (TPSA) is 65.7 Å². The minimum atomic E-state index is -4.92. The predicted molar refractivity (Wildman–Crippen MR) is 117 cm³/mol. The first-order chi connectivity index (χ1) is 15.8. The molecular formula is C25H19F3O5. The van der Waals surface area contributed by atoms with Crippen LogP contribution in [0.3, 0.4) is 0 Å². The molecule has 5 nitrogen and oxygen atoms in total. The molecule has 0 spiro atoms. The summed E-state index contributed by atoms with van der Waals surface area (Å²) in [5.41, 5.74) is -1.52. The van der Waals surface area contributed by atoms with Crippen LogP contribution in [0.4, 0.5) is 13.2 Å². The molecule has 0 amide bonds. The zero-order chi connectivity index (χ0) is 23.6. The van der Waals surface area contributed by atoms with Gasteiger partial charge < -0.3 is 13.9 Å². The molecule has 0 atom stereocenters. The van der Waals surface area contributed by atoms with Crippen molar-refractivity contribution < 1.29 is 31.9 Å². The van der Waals surface area contributed by atoms with Crippen LogP contribution in [0, 0.1) is 0 Å². The molecule has 0 fully saturated rings. The van der Waals surface area contributed by atoms with Crippen molar-refractivity contribution in [3.63, 3.8) is 0 Å². The SMILES string of the molecule is CCCOC(=O)COc1ccc2c(=O)c(-c3cccc4ccccc34)c(C(F)(F)F)oc2c1. The van der Waals surface area contributed by atoms with E-state index in [4.69, 9.17) is 13.9 Å². The number of esters is 1. The van der Waals surface area contributed by atoms with Gasteiger partial charge in [-0.25, -0.2) is 4.79 Å². The number of carbonyl (C=O) groups excluding carboxylic acids is 1. The lowest BCUT2D eigenvalue weighted by Gasteiger charge is -2.15. The summed E-state index contributed by atoms with van der Waals surface area (Å²) in [5.74, 6) is -1.93. The summed E-state index contributed by atoms with van der Waals surface area (Å²) in [7, 11) is 0. The van der Waals surface area contributed by atoms with Crippen LogP contribution in [0.25, 0.3) is 32.9 Å². The molecule has 8 heteroatoms. The highest BCUT2D eigenvalue weighted by molar-refractivity contribution is 5.98. The Morgan fingerprint density at radius 3 is 2.52 bits per heavy atom. The van der Waals surface area contributed by atoms with Gasteiger partial charge in [-0.1, -0.05) is 49.4 Å². The molecule has 4 rings (SSSR count). The lowest BCUT2D eigenvalue weighted by atomic mass is 9.96. The first kappa shape index (κ1) is 22.4. The minimum absolute atomic E-state index is 0.0353. The number of ether oxygens (including phenoxy) is 2. The fraction of sp³-hybridized carbons (Fsp3) is 0.200. The van der Waals surface area contributed by atoms with Gasteiger partial charge in [0.2, 0.25) is 11.2 Å². The third kappa shape index (κ3) is 4.55. The lowest BCUT2D eigenvalue weighted by Crippen LogP contribution is -2.17. The van der Waals surface area contributed by atoms with E-state index in [0.29, 0.717) is 17.2 Å². The summed E-state index contributed by atoms with van der Waals surface area (Å²) < 4.78 is 57.4. The van der Waals surface area contributed by atoms with E-state index in [2.05, 4.69) is 0 Å². The normalized spacial score (nSPS) is 11.6. The van der Waals surface area contributed by atoms with E-state index < -0.39 is 35.5 Å². The molecule has 3 aromatic carbocycles. The highest BCUT2D eigenvalue weighted by Crippen LogP contribution is 2.39. The van der Waals surface area contributed by atoms with Crippen LogP contribution in [-0.2, 0) is 15.7 Å². The maximum Gasteiger partial charge on any atom is 0.450 e. The van der Waals surface area contributed by atoms with Crippen LogP contribution >= 0.6 is 0 Å². The Morgan fingerprint density at radius 2 is 1.76 bits per heavy atom. The van der Waals surface area contributed by atoms with Crippen molar-refractivity contribution in [3.05, 3.63) is 76.6 Å². The molecule has 4 aromatic rings. The molecule has 170 valence electrons. The quantitative estimate of drug-likeness (QED) is 0.335. The summed E-state index contributed by atoms with van der Waals surface area (Å²) in [6.07, 6.45) is -4.27. The lowest BCUT2D eigenvalue weighted by molar-refractivity contribution is -0.152. The van der Waals surface area contributed by atoms with Crippen molar-refractivity contribution in [3.8, 4) is 16.9 Å². The number of rotatable bonds is 6. The van der Waals surface area contributed by atoms with E-state index in [9.17, 15) is 22.8 Å². The minimum Gasteiger partial charge on any atom is -0.482 e. The standard InChI is InChI=1S/C25H19F3O5/c1-2-12-31-21(29)14-32-16-10-11-19-20(13-16)33-24(25(26,27)28)22(23(19)30)18-9-5-7-15-6-3-4-8-17(15)18/h3-11,13H,2,12,14H2,1H3. The Bertz CT molecular complexity index is 1380. The summed E-state index contributed by atoms with van der Waals surface area (Å²) in [6, 6.07) is 15.6. The zero-order valence-electron chi connectivity index (χ0n) is 17.6. The van der Waals surface area contributed by atoms with Crippen molar-refractivity contribution in [2.45, 2.75) is 19.5 Å². The molecule has 0 aliphatic rings. The van der Waals surface area contributed by atoms with Crippen molar-refractivity contribution in [2.75, 3.05) is 13.2 Å². The Hall–Kier alpha value is -3.81. The number of fused-ring (bicyclic) bond motifs is 2. The molecule has 0 saturated heterocycles. The zero-order valence-corrected chi connectivity index (χ0v) is 17.6. The highest BCUT2D eigenvalue weighted by Gasteiger charge is 2.39. The van der Waals surface area contributed by atoms with E-state index >= 15 is 0 Å². The van der Waals surface area contributed by atoms with Crippen LogP contribution < -0.4 is 10.2 Å². The number of halogens is 3. The summed E-state index contributed by atoms with van der Waals surface area (Å²) in [6.45, 7) is 1.65. The van der Waals surface area contributed by atoms with Gasteiger partial charge in [0.05, 0.1) is 17.6 Å². The first-order valence-corrected chi connectivity index (χ1v) is 10.2. The second-order valence-corrected chi connectivity index (χ2v) is 7.33. The van der Waals surface area contributed by atoms with Gasteiger partial charge in [-0.3, -0.25) is 4.79 Å². The average Bonchev–Trinajstić information content (AvgIpc) is 2.80. The summed E-state index contributed by atoms with van der Waals surface area (Å²) >= 11 is 0. The first-order valence-electron chi connectivity index (χ1n) is 10.2. The van der Waals surface area contributed by atoms with Crippen molar-refractivity contribution in [2.24, 2.45) is 0 Å². The molecule has 1 heterocycles. The molecule has 0 saturated carbocycles. The molecular weight excluding hydrogens is 437 g/mol. The molecule has 0 N–H and O–H groups in total. The van der Waals surface area contributed by atoms with Crippen LogP contribution in [0.15, 0.2) is 69.9 Å². The van der Waals surface area contributed by atoms with Gasteiger partial charge in [0.25, 0.3) is 0 Å². The molecule has 0 aliphatic carbocycles. The number of benzene rings is 3. The van der Waals surface area contributed by atoms with Crippen LogP contribution in [0.1, 0.15) is 19.1 Å². The van der Waals surface area contributed by atoms with Crippen molar-refractivity contribution in [1.29, 1.82) is 0 Å². The van der Waals surface area contributed by atoms with Crippen LogP contribution in [0.2, 0.25) is 0 Å². The van der Waals surface area contributed by atoms with Crippen LogP contribution in [0.5, 0.6) is 5.75 Å². The smallest absolute Gasteiger partial charge is 0.450 e. The van der Waals surface area contributed by atoms with E-state index in [-0.39, 0.29) is 28.9 Å². The van der Waals surface area contributed by atoms with E-state index in [1.807, 2.05) is 6.92 Å². The van der Waals surface area contributed by atoms with Gasteiger partial charge in [-0.15, -0.1) is 0 Å². The van der Waals surface area contributed by atoms with Gasteiger partial charge in [0, 0.05) is 6.07 Å². The largest absolute Gasteiger partial charge is 0.482 e. The van der Waals surface area contributed by atoms with E-state index in [1.54, 1.807) is 36.4 Å². The molecule has 0 aliphatic heterocycles.